The smallest absolute Gasteiger partial charge is 0.345 e. The van der Waals surface area contributed by atoms with Gasteiger partial charge in [0.2, 0.25) is 0 Å². The lowest BCUT2D eigenvalue weighted by Crippen LogP contribution is -2.46. The van der Waals surface area contributed by atoms with Crippen LogP contribution in [0.5, 0.6) is 0 Å². The minimum atomic E-state index is -3.17. The van der Waals surface area contributed by atoms with E-state index in [4.69, 9.17) is 20.4 Å². The first-order valence-corrected chi connectivity index (χ1v) is 4.73. The van der Waals surface area contributed by atoms with Crippen LogP contribution in [0.2, 0.25) is 0 Å². The van der Waals surface area contributed by atoms with Gasteiger partial charge < -0.3 is 25.2 Å². The van der Waals surface area contributed by atoms with Crippen molar-refractivity contribution in [3.8, 4) is 0 Å². The Balaban J connectivity index is 2.70. The fourth-order valence-corrected chi connectivity index (χ4v) is 1.12. The molecule has 8 heteroatoms. The van der Waals surface area contributed by atoms with Crippen LogP contribution in [0.25, 0.3) is 0 Å². The summed E-state index contributed by atoms with van der Waals surface area (Å²) < 4.78 is 4.50. The van der Waals surface area contributed by atoms with Crippen LogP contribution in [0, 0.1) is 0 Å². The predicted octanol–water partition coefficient (Wildman–Crippen LogP) is -1.32. The van der Waals surface area contributed by atoms with Gasteiger partial charge in [-0.3, -0.25) is 0 Å². The Morgan fingerprint density at radius 2 is 1.72 bits per heavy atom. The number of carbonyl (C=O) groups is 2. The van der Waals surface area contributed by atoms with Crippen LogP contribution >= 0.6 is 0 Å². The average Bonchev–Trinajstić information content (AvgIpc) is 2.27. The predicted molar refractivity (Wildman–Crippen MR) is 56.2 cm³/mol. The number of hydrogen-bond donors (Lipinski definition) is 5. The van der Waals surface area contributed by atoms with Gasteiger partial charge in [-0.25, -0.2) is 14.9 Å². The molecule has 0 atom stereocenters. The van der Waals surface area contributed by atoms with E-state index in [-0.39, 0.29) is 11.1 Å². The number of aliphatic hydroxyl groups is 3. The van der Waals surface area contributed by atoms with E-state index in [2.05, 4.69) is 4.74 Å². The largest absolute Gasteiger partial charge is 0.478 e. The van der Waals surface area contributed by atoms with Crippen LogP contribution < -0.4 is 5.32 Å². The fraction of sp³-hybridized carbons (Fsp3) is 0.200. The highest BCUT2D eigenvalue weighted by Crippen LogP contribution is 2.10. The molecule has 8 nitrogen and oxygen atoms in total. The molecule has 0 aliphatic rings. The van der Waals surface area contributed by atoms with Gasteiger partial charge in [0.25, 0.3) is 0 Å². The molecule has 0 saturated heterocycles. The zero-order valence-corrected chi connectivity index (χ0v) is 9.03. The summed E-state index contributed by atoms with van der Waals surface area (Å²) in [4.78, 5) is 22.3. The molecule has 5 N–H and O–H groups in total. The second kappa shape index (κ2) is 5.56. The molecule has 0 bridgehead atoms. The number of esters is 1. The number of benzene rings is 1. The summed E-state index contributed by atoms with van der Waals surface area (Å²) in [6, 6.07) is 5.36. The molecule has 0 amide bonds. The molecule has 0 aliphatic heterocycles. The van der Waals surface area contributed by atoms with Gasteiger partial charge in [-0.05, 0) is 12.1 Å². The van der Waals surface area contributed by atoms with Crippen molar-refractivity contribution >= 4 is 11.9 Å². The normalized spacial score (nSPS) is 11.1. The first-order chi connectivity index (χ1) is 8.31. The van der Waals surface area contributed by atoms with E-state index in [1.807, 2.05) is 0 Å². The molecule has 0 aromatic heterocycles. The van der Waals surface area contributed by atoms with Crippen LogP contribution in [0.4, 0.5) is 0 Å². The molecule has 0 aliphatic carbocycles. The zero-order valence-electron chi connectivity index (χ0n) is 9.03. The maximum absolute atomic E-state index is 11.5. The Kier molecular flexibility index (Phi) is 4.34. The van der Waals surface area contributed by atoms with Gasteiger partial charge in [0, 0.05) is 0 Å². The summed E-state index contributed by atoms with van der Waals surface area (Å²) in [5.41, 5.74) is -0.433. The Morgan fingerprint density at radius 3 is 2.22 bits per heavy atom. The van der Waals surface area contributed by atoms with Crippen molar-refractivity contribution in [2.45, 2.75) is 6.10 Å². The highest BCUT2D eigenvalue weighted by molar-refractivity contribution is 6.02. The molecule has 0 saturated carbocycles. The van der Waals surface area contributed by atoms with Crippen molar-refractivity contribution < 1.29 is 34.8 Å². The molecular formula is C10H11NO7. The van der Waals surface area contributed by atoms with Gasteiger partial charge in [0.15, 0.2) is 0 Å². The molecule has 18 heavy (non-hydrogen) atoms. The number of nitrogens with one attached hydrogen (secondary N) is 1. The SMILES string of the molecule is O=C(O)c1ccccc1C(=O)OCNC(O)(O)O. The number of hydrogen-bond acceptors (Lipinski definition) is 7. The fourth-order valence-electron chi connectivity index (χ4n) is 1.12. The molecule has 0 heterocycles. The first-order valence-electron chi connectivity index (χ1n) is 4.73. The summed E-state index contributed by atoms with van der Waals surface area (Å²) >= 11 is 0. The van der Waals surface area contributed by atoms with Gasteiger partial charge in [0.05, 0.1) is 11.1 Å². The summed E-state index contributed by atoms with van der Waals surface area (Å²) in [5.74, 6) is -2.28. The number of carboxylic acids is 1. The van der Waals surface area contributed by atoms with E-state index in [0.717, 1.165) is 0 Å². The quantitative estimate of drug-likeness (QED) is 0.323. The van der Waals surface area contributed by atoms with E-state index in [1.165, 1.54) is 24.3 Å². The van der Waals surface area contributed by atoms with E-state index in [9.17, 15) is 9.59 Å². The number of aromatic carboxylic acids is 1. The van der Waals surface area contributed by atoms with Gasteiger partial charge in [-0.1, -0.05) is 12.1 Å². The van der Waals surface area contributed by atoms with Crippen molar-refractivity contribution in [3.63, 3.8) is 0 Å². The van der Waals surface area contributed by atoms with Crippen LogP contribution in [0.15, 0.2) is 24.3 Å². The van der Waals surface area contributed by atoms with Crippen LogP contribution in [0.3, 0.4) is 0 Å². The molecule has 0 spiro atoms. The highest BCUT2D eigenvalue weighted by Gasteiger charge is 2.20. The summed E-state index contributed by atoms with van der Waals surface area (Å²) in [7, 11) is 0. The highest BCUT2D eigenvalue weighted by atomic mass is 16.7. The summed E-state index contributed by atoms with van der Waals surface area (Å²) in [5, 5.41) is 35.8. The average molecular weight is 257 g/mol. The Hall–Kier alpha value is -2.00. The second-order valence-corrected chi connectivity index (χ2v) is 3.24. The topological polar surface area (TPSA) is 136 Å². The van der Waals surface area contributed by atoms with E-state index >= 15 is 0 Å². The molecule has 0 fully saturated rings. The van der Waals surface area contributed by atoms with Crippen molar-refractivity contribution in [2.24, 2.45) is 0 Å². The molecule has 98 valence electrons. The van der Waals surface area contributed by atoms with Gasteiger partial charge in [-0.2, -0.15) is 0 Å². The van der Waals surface area contributed by atoms with Gasteiger partial charge in [-0.15, -0.1) is 0 Å². The number of ether oxygens (including phenoxy) is 1. The van der Waals surface area contributed by atoms with Crippen molar-refractivity contribution in [1.82, 2.24) is 5.32 Å². The molecule has 1 aromatic carbocycles. The van der Waals surface area contributed by atoms with Crippen LogP contribution in [-0.2, 0) is 4.74 Å². The number of rotatable bonds is 5. The lowest BCUT2D eigenvalue weighted by Gasteiger charge is -2.15. The van der Waals surface area contributed by atoms with Gasteiger partial charge in [0.1, 0.15) is 6.73 Å². The summed E-state index contributed by atoms with van der Waals surface area (Å²) in [6.45, 7) is -0.712. The number of carboxylic acid groups (broad SMARTS) is 1. The third kappa shape index (κ3) is 4.11. The second-order valence-electron chi connectivity index (χ2n) is 3.24. The van der Waals surface area contributed by atoms with E-state index in [0.29, 0.717) is 0 Å². The monoisotopic (exact) mass is 257 g/mol. The lowest BCUT2D eigenvalue weighted by atomic mass is 10.1. The standard InChI is InChI=1S/C10H11NO7/c12-8(13)6-3-1-2-4-7(6)9(14)18-5-11-10(15,16)17/h1-4,11,15-17H,5H2,(H,12,13). The maximum Gasteiger partial charge on any atom is 0.345 e. The third-order valence-corrected chi connectivity index (χ3v) is 1.89. The molecule has 1 aromatic rings. The van der Waals surface area contributed by atoms with Crippen molar-refractivity contribution in [2.75, 3.05) is 6.73 Å². The zero-order chi connectivity index (χ0) is 13.8. The maximum atomic E-state index is 11.5. The first kappa shape index (κ1) is 14.1. The van der Waals surface area contributed by atoms with E-state index < -0.39 is 24.8 Å². The molecular weight excluding hydrogens is 246 g/mol. The minimum absolute atomic E-state index is 0.189. The third-order valence-electron chi connectivity index (χ3n) is 1.89. The minimum Gasteiger partial charge on any atom is -0.478 e. The Labute approximate surface area is 101 Å². The van der Waals surface area contributed by atoms with Crippen LogP contribution in [0.1, 0.15) is 20.7 Å². The van der Waals surface area contributed by atoms with E-state index in [1.54, 1.807) is 5.32 Å². The Bertz CT molecular complexity index is 452. The number of carbonyl (C=O) groups excluding carboxylic acids is 1. The molecule has 0 radical (unpaired) electrons. The van der Waals surface area contributed by atoms with Crippen molar-refractivity contribution in [1.29, 1.82) is 0 Å². The van der Waals surface area contributed by atoms with Crippen LogP contribution in [-0.4, -0.2) is 45.2 Å². The summed E-state index contributed by atoms with van der Waals surface area (Å²) in [6.07, 6.45) is -3.17. The molecule has 1 rings (SSSR count). The van der Waals surface area contributed by atoms with Crippen molar-refractivity contribution in [3.05, 3.63) is 35.4 Å². The molecule has 0 unspecified atom stereocenters. The van der Waals surface area contributed by atoms with Gasteiger partial charge >= 0.3 is 18.0 Å². The lowest BCUT2D eigenvalue weighted by molar-refractivity contribution is -0.335. The Morgan fingerprint density at radius 1 is 1.17 bits per heavy atom.